The number of nitrogen functional groups attached to an aromatic ring is 1. The van der Waals surface area contributed by atoms with Gasteiger partial charge in [0.25, 0.3) is 0 Å². The molecule has 2 aromatic heterocycles. The molecule has 17 heteroatoms. The molecule has 0 spiro atoms. The van der Waals surface area contributed by atoms with Gasteiger partial charge in [-0.1, -0.05) is 18.2 Å². The number of carbonyl (C=O) groups is 2. The number of nitrogens with one attached hydrogen (secondary N) is 1. The highest BCUT2D eigenvalue weighted by Gasteiger charge is 2.43. The molecule has 4 aromatic rings. The lowest BCUT2D eigenvalue weighted by Gasteiger charge is -2.45. The second-order valence-corrected chi connectivity index (χ2v) is 16.2. The maximum absolute atomic E-state index is 14.3. The van der Waals surface area contributed by atoms with Crippen LogP contribution in [0.15, 0.2) is 47.4 Å². The highest BCUT2D eigenvalue weighted by atomic mass is 19.4. The van der Waals surface area contributed by atoms with E-state index < -0.39 is 59.7 Å². The molecule has 8 rings (SSSR count). The Balaban J connectivity index is 1.00. The third kappa shape index (κ3) is 7.59. The van der Waals surface area contributed by atoms with E-state index in [1.807, 2.05) is 24.3 Å². The van der Waals surface area contributed by atoms with Crippen molar-refractivity contribution in [3.8, 4) is 0 Å². The fraction of sp³-hybridized carbons (Fsp3) is 0.550. The van der Waals surface area contributed by atoms with E-state index in [-0.39, 0.29) is 30.4 Å². The Bertz CT molecular complexity index is 2170. The molecule has 0 radical (unpaired) electrons. The molecule has 2 aromatic carbocycles. The molecular formula is C40H46F6N8O3. The van der Waals surface area contributed by atoms with Gasteiger partial charge in [-0.2, -0.15) is 26.3 Å². The Morgan fingerprint density at radius 2 is 1.46 bits per heavy atom. The van der Waals surface area contributed by atoms with Crippen LogP contribution in [-0.2, 0) is 28.4 Å². The molecule has 2 bridgehead atoms. The predicted octanol–water partition coefficient (Wildman–Crippen LogP) is 5.68. The minimum Gasteiger partial charge on any atom is -0.398 e. The highest BCUT2D eigenvalue weighted by Crippen LogP contribution is 2.43. The summed E-state index contributed by atoms with van der Waals surface area (Å²) < 4.78 is 85.6. The number of rotatable bonds is 7. The van der Waals surface area contributed by atoms with Crippen molar-refractivity contribution in [2.45, 2.75) is 87.9 Å². The number of nitrogens with two attached hydrogens (primary N) is 1. The SMILES string of the molecule is CN1C2CCC1CC(N1CCN(C(=O)C(CC(=O)N3CCC(n4c(=O)[nH]c5c6ccccc6ncc54)CC3)Cc3cc(C(F)(F)F)c(N)c(C(F)(F)F)c3)CC1)C2. The molecule has 306 valence electrons. The number of aromatic amines is 1. The maximum Gasteiger partial charge on any atom is 0.418 e. The van der Waals surface area contributed by atoms with Crippen LogP contribution in [0.2, 0.25) is 0 Å². The number of para-hydroxylation sites is 1. The number of anilines is 1. The summed E-state index contributed by atoms with van der Waals surface area (Å²) in [5.74, 6) is -2.14. The second kappa shape index (κ2) is 14.9. The molecule has 0 aliphatic carbocycles. The number of alkyl halides is 6. The van der Waals surface area contributed by atoms with Gasteiger partial charge in [0, 0.05) is 75.2 Å². The smallest absolute Gasteiger partial charge is 0.398 e. The zero-order valence-electron chi connectivity index (χ0n) is 31.6. The zero-order chi connectivity index (χ0) is 40.4. The number of H-pyrrole nitrogens is 1. The standard InChI is InChI=1S/C40H46F6N8O3/c1-50-26-6-7-27(50)21-28(20-26)51-12-14-53(15-13-51)37(56)24(16-23-17-30(39(41,42)43)35(47)31(18-23)40(44,45)46)19-34(55)52-10-8-25(9-11-52)54-33-22-48-32-5-3-2-4-29(32)36(33)49-38(54)57/h2-5,17-18,22,24-28H,6-16,19-21,47H2,1H3,(H,49,57). The monoisotopic (exact) mass is 800 g/mol. The first-order chi connectivity index (χ1) is 27.1. The average molecular weight is 801 g/mol. The lowest BCUT2D eigenvalue weighted by molar-refractivity contribution is -0.143. The summed E-state index contributed by atoms with van der Waals surface area (Å²) in [6, 6.07) is 9.73. The van der Waals surface area contributed by atoms with Gasteiger partial charge in [-0.25, -0.2) is 4.79 Å². The van der Waals surface area contributed by atoms with Crippen molar-refractivity contribution < 1.29 is 35.9 Å². The molecule has 3 N–H and O–H groups in total. The van der Waals surface area contributed by atoms with Crippen LogP contribution in [0.3, 0.4) is 0 Å². The van der Waals surface area contributed by atoms with Crippen molar-refractivity contribution >= 4 is 39.4 Å². The van der Waals surface area contributed by atoms with E-state index in [1.54, 1.807) is 20.6 Å². The number of pyridine rings is 1. The first kappa shape index (κ1) is 39.2. The minimum absolute atomic E-state index is 0.236. The molecule has 4 aliphatic rings. The number of piperidine rings is 2. The first-order valence-electron chi connectivity index (χ1n) is 19.6. The Labute approximate surface area is 324 Å². The first-order valence-corrected chi connectivity index (χ1v) is 19.6. The molecule has 4 fully saturated rings. The van der Waals surface area contributed by atoms with E-state index in [1.165, 1.54) is 0 Å². The van der Waals surface area contributed by atoms with E-state index in [0.29, 0.717) is 80.3 Å². The van der Waals surface area contributed by atoms with Crippen molar-refractivity contribution in [2.75, 3.05) is 52.0 Å². The normalized spacial score (nSPS) is 23.5. The molecule has 0 saturated carbocycles. The van der Waals surface area contributed by atoms with Crippen LogP contribution in [0.5, 0.6) is 0 Å². The van der Waals surface area contributed by atoms with E-state index in [9.17, 15) is 40.7 Å². The molecular weight excluding hydrogens is 754 g/mol. The van der Waals surface area contributed by atoms with Crippen molar-refractivity contribution in [3.05, 3.63) is 69.8 Å². The second-order valence-electron chi connectivity index (χ2n) is 16.2. The van der Waals surface area contributed by atoms with Gasteiger partial charge in [0.1, 0.15) is 0 Å². The van der Waals surface area contributed by atoms with Gasteiger partial charge < -0.3 is 25.4 Å². The van der Waals surface area contributed by atoms with Gasteiger partial charge >= 0.3 is 18.0 Å². The number of carbonyl (C=O) groups excluding carboxylic acids is 2. The van der Waals surface area contributed by atoms with Crippen LogP contribution in [0.25, 0.3) is 21.9 Å². The summed E-state index contributed by atoms with van der Waals surface area (Å²) in [5, 5.41) is 0.801. The fourth-order valence-electron chi connectivity index (χ4n) is 9.88. The third-order valence-corrected chi connectivity index (χ3v) is 13.0. The van der Waals surface area contributed by atoms with Crippen molar-refractivity contribution in [2.24, 2.45) is 5.92 Å². The molecule has 57 heavy (non-hydrogen) atoms. The number of amides is 2. The van der Waals surface area contributed by atoms with Crippen LogP contribution >= 0.6 is 0 Å². The lowest BCUT2D eigenvalue weighted by Crippen LogP contribution is -2.56. The minimum atomic E-state index is -5.18. The Morgan fingerprint density at radius 3 is 2.07 bits per heavy atom. The summed E-state index contributed by atoms with van der Waals surface area (Å²) in [4.78, 5) is 56.8. The molecule has 4 saturated heterocycles. The van der Waals surface area contributed by atoms with Gasteiger partial charge in [-0.05, 0) is 75.8 Å². The number of likely N-dealkylation sites (tertiary alicyclic amines) is 1. The number of hydrogen-bond acceptors (Lipinski definition) is 7. The Kier molecular flexibility index (Phi) is 10.3. The van der Waals surface area contributed by atoms with Gasteiger partial charge in [-0.3, -0.25) is 24.0 Å². The summed E-state index contributed by atoms with van der Waals surface area (Å²) in [5.41, 5.74) is 2.06. The number of halogens is 6. The number of piperazine rings is 1. The van der Waals surface area contributed by atoms with E-state index >= 15 is 0 Å². The van der Waals surface area contributed by atoms with Crippen LogP contribution in [-0.4, -0.2) is 110 Å². The number of fused-ring (bicyclic) bond motifs is 5. The fourth-order valence-corrected chi connectivity index (χ4v) is 9.88. The average Bonchev–Trinajstić information content (AvgIpc) is 3.60. The number of benzene rings is 2. The Morgan fingerprint density at radius 1 is 0.842 bits per heavy atom. The van der Waals surface area contributed by atoms with Gasteiger partial charge in [0.15, 0.2) is 0 Å². The van der Waals surface area contributed by atoms with Crippen molar-refractivity contribution in [3.63, 3.8) is 0 Å². The zero-order valence-corrected chi connectivity index (χ0v) is 31.6. The van der Waals surface area contributed by atoms with Gasteiger partial charge in [-0.15, -0.1) is 0 Å². The van der Waals surface area contributed by atoms with Crippen LogP contribution in [0, 0.1) is 5.92 Å². The Hall–Kier alpha value is -4.64. The van der Waals surface area contributed by atoms with Crippen LogP contribution in [0.1, 0.15) is 67.7 Å². The maximum atomic E-state index is 14.3. The largest absolute Gasteiger partial charge is 0.418 e. The van der Waals surface area contributed by atoms with Crippen LogP contribution in [0.4, 0.5) is 32.0 Å². The summed E-state index contributed by atoms with van der Waals surface area (Å²) in [7, 11) is 2.17. The third-order valence-electron chi connectivity index (χ3n) is 13.0. The van der Waals surface area contributed by atoms with Gasteiger partial charge in [0.2, 0.25) is 11.8 Å². The molecule has 3 atom stereocenters. The van der Waals surface area contributed by atoms with Gasteiger partial charge in [0.05, 0.1) is 45.5 Å². The lowest BCUT2D eigenvalue weighted by atomic mass is 9.90. The predicted molar refractivity (Wildman–Crippen MR) is 201 cm³/mol. The molecule has 2 amide bonds. The van der Waals surface area contributed by atoms with Crippen molar-refractivity contribution in [1.82, 2.24) is 34.1 Å². The summed E-state index contributed by atoms with van der Waals surface area (Å²) >= 11 is 0. The molecule has 6 heterocycles. The van der Waals surface area contributed by atoms with E-state index in [2.05, 4.69) is 26.8 Å². The van der Waals surface area contributed by atoms with E-state index in [4.69, 9.17) is 5.73 Å². The summed E-state index contributed by atoms with van der Waals surface area (Å²) in [6.45, 7) is 2.32. The number of hydrogen-bond donors (Lipinski definition) is 2. The quantitative estimate of drug-likeness (QED) is 0.182. The van der Waals surface area contributed by atoms with E-state index in [0.717, 1.165) is 36.6 Å². The number of nitrogens with zero attached hydrogens (tertiary/aromatic N) is 6. The molecule has 11 nitrogen and oxygen atoms in total. The molecule has 4 aliphatic heterocycles. The summed E-state index contributed by atoms with van der Waals surface area (Å²) in [6.07, 6.45) is -4.41. The molecule has 3 unspecified atom stereocenters. The highest BCUT2D eigenvalue weighted by molar-refractivity contribution is 6.01. The van der Waals surface area contributed by atoms with Crippen molar-refractivity contribution in [1.29, 1.82) is 0 Å². The number of aromatic nitrogens is 3. The number of imidazole rings is 1. The van der Waals surface area contributed by atoms with Crippen LogP contribution < -0.4 is 11.4 Å². The topological polar surface area (TPSA) is 124 Å².